The van der Waals surface area contributed by atoms with E-state index in [1.807, 2.05) is 0 Å². The lowest BCUT2D eigenvalue weighted by Gasteiger charge is -2.33. The molecule has 212 valence electrons. The minimum Gasteiger partial charge on any atom is -0.352 e. The Hall–Kier alpha value is -3.43. The van der Waals surface area contributed by atoms with Gasteiger partial charge in [0, 0.05) is 23.2 Å². The summed E-state index contributed by atoms with van der Waals surface area (Å²) in [6.07, 6.45) is 4.89. The number of para-hydroxylation sites is 1. The Labute approximate surface area is 240 Å². The van der Waals surface area contributed by atoms with Crippen molar-refractivity contribution < 1.29 is 22.4 Å². The number of nitrogens with zero attached hydrogens (tertiary/aromatic N) is 2. The van der Waals surface area contributed by atoms with Crippen LogP contribution in [-0.4, -0.2) is 43.8 Å². The predicted molar refractivity (Wildman–Crippen MR) is 154 cm³/mol. The number of amides is 2. The molecule has 1 atom stereocenters. The van der Waals surface area contributed by atoms with E-state index in [0.29, 0.717) is 5.02 Å². The molecule has 1 fully saturated rings. The van der Waals surface area contributed by atoms with Crippen LogP contribution in [0.5, 0.6) is 0 Å². The third-order valence-electron chi connectivity index (χ3n) is 7.14. The van der Waals surface area contributed by atoms with E-state index >= 15 is 0 Å². The number of hydrogen-bond acceptors (Lipinski definition) is 4. The van der Waals surface area contributed by atoms with Crippen molar-refractivity contribution in [2.45, 2.75) is 62.6 Å². The van der Waals surface area contributed by atoms with E-state index in [2.05, 4.69) is 5.32 Å². The van der Waals surface area contributed by atoms with E-state index < -0.39 is 34.3 Å². The van der Waals surface area contributed by atoms with Gasteiger partial charge in [-0.15, -0.1) is 0 Å². The van der Waals surface area contributed by atoms with Crippen molar-refractivity contribution in [2.75, 3.05) is 10.8 Å². The first-order chi connectivity index (χ1) is 19.2. The van der Waals surface area contributed by atoms with Gasteiger partial charge in [0.15, 0.2) is 0 Å². The summed E-state index contributed by atoms with van der Waals surface area (Å²) in [5.41, 5.74) is 0.496. The van der Waals surface area contributed by atoms with Crippen LogP contribution >= 0.6 is 11.6 Å². The van der Waals surface area contributed by atoms with Crippen LogP contribution in [0.4, 0.5) is 10.1 Å². The molecule has 0 spiro atoms. The first-order valence-electron chi connectivity index (χ1n) is 13.3. The highest BCUT2D eigenvalue weighted by atomic mass is 35.5. The quantitative estimate of drug-likeness (QED) is 0.338. The van der Waals surface area contributed by atoms with Crippen LogP contribution in [-0.2, 0) is 26.2 Å². The second kappa shape index (κ2) is 13.3. The Kier molecular flexibility index (Phi) is 9.81. The SMILES string of the molecule is C[C@H](C(=O)NC1CCCCC1)N(Cc1ccccc1F)C(=O)CN(c1ccccc1)S(=O)(=O)c1ccc(Cl)cc1. The largest absolute Gasteiger partial charge is 0.352 e. The van der Waals surface area contributed by atoms with Crippen LogP contribution in [0.1, 0.15) is 44.6 Å². The predicted octanol–water partition coefficient (Wildman–Crippen LogP) is 5.54. The highest BCUT2D eigenvalue weighted by molar-refractivity contribution is 7.92. The Morgan fingerprint density at radius 2 is 1.57 bits per heavy atom. The van der Waals surface area contributed by atoms with Crippen molar-refractivity contribution in [1.29, 1.82) is 0 Å². The summed E-state index contributed by atoms with van der Waals surface area (Å²) < 4.78 is 43.2. The second-order valence-electron chi connectivity index (χ2n) is 9.93. The van der Waals surface area contributed by atoms with Gasteiger partial charge in [0.05, 0.1) is 10.6 Å². The molecular formula is C30H33ClFN3O4S. The minimum atomic E-state index is -4.20. The molecule has 7 nitrogen and oxygen atoms in total. The number of hydrogen-bond donors (Lipinski definition) is 1. The molecule has 0 radical (unpaired) electrons. The maximum Gasteiger partial charge on any atom is 0.264 e. The molecule has 0 heterocycles. The lowest BCUT2D eigenvalue weighted by molar-refractivity contribution is -0.139. The highest BCUT2D eigenvalue weighted by Gasteiger charge is 2.33. The van der Waals surface area contributed by atoms with Crippen LogP contribution < -0.4 is 9.62 Å². The van der Waals surface area contributed by atoms with Gasteiger partial charge in [-0.05, 0) is 62.2 Å². The van der Waals surface area contributed by atoms with Crippen LogP contribution in [0.25, 0.3) is 0 Å². The van der Waals surface area contributed by atoms with Gasteiger partial charge in [0.25, 0.3) is 10.0 Å². The fourth-order valence-electron chi connectivity index (χ4n) is 4.82. The normalized spacial score (nSPS) is 14.8. The standard InChI is InChI=1S/C30H33ClFN3O4S/c1-22(30(37)33-25-11-4-2-5-12-25)34(20-23-10-8-9-15-28(23)32)29(36)21-35(26-13-6-3-7-14-26)40(38,39)27-18-16-24(31)17-19-27/h3,6-10,13-19,22,25H,2,4-5,11-12,20-21H2,1H3,(H,33,37)/t22-/m1/s1. The summed E-state index contributed by atoms with van der Waals surface area (Å²) >= 11 is 5.97. The van der Waals surface area contributed by atoms with Crippen LogP contribution in [0.15, 0.2) is 83.8 Å². The summed E-state index contributed by atoms with van der Waals surface area (Å²) in [5, 5.41) is 3.40. The first kappa shape index (κ1) is 29.6. The molecule has 0 aliphatic heterocycles. The summed E-state index contributed by atoms with van der Waals surface area (Å²) in [7, 11) is -4.20. The third kappa shape index (κ3) is 7.20. The molecule has 1 saturated carbocycles. The molecule has 10 heteroatoms. The van der Waals surface area contributed by atoms with Crippen molar-refractivity contribution in [1.82, 2.24) is 10.2 Å². The van der Waals surface area contributed by atoms with Crippen molar-refractivity contribution in [3.8, 4) is 0 Å². The molecule has 1 N–H and O–H groups in total. The number of nitrogens with one attached hydrogen (secondary N) is 1. The maximum atomic E-state index is 14.7. The van der Waals surface area contributed by atoms with Crippen molar-refractivity contribution in [2.24, 2.45) is 0 Å². The van der Waals surface area contributed by atoms with Crippen molar-refractivity contribution in [3.63, 3.8) is 0 Å². The molecule has 0 saturated heterocycles. The summed E-state index contributed by atoms with van der Waals surface area (Å²) in [4.78, 5) is 28.4. The number of carbonyl (C=O) groups excluding carboxylic acids is 2. The van der Waals surface area contributed by atoms with Crippen LogP contribution in [0.2, 0.25) is 5.02 Å². The maximum absolute atomic E-state index is 14.7. The molecule has 40 heavy (non-hydrogen) atoms. The fraction of sp³-hybridized carbons (Fsp3) is 0.333. The van der Waals surface area contributed by atoms with E-state index in [0.717, 1.165) is 36.4 Å². The van der Waals surface area contributed by atoms with Gasteiger partial charge in [0.2, 0.25) is 11.8 Å². The Balaban J connectivity index is 1.66. The lowest BCUT2D eigenvalue weighted by atomic mass is 9.95. The van der Waals surface area contributed by atoms with Gasteiger partial charge in [0.1, 0.15) is 18.4 Å². The smallest absolute Gasteiger partial charge is 0.264 e. The number of benzene rings is 3. The average molecular weight is 586 g/mol. The lowest BCUT2D eigenvalue weighted by Crippen LogP contribution is -2.53. The number of rotatable bonds is 10. The van der Waals surface area contributed by atoms with Gasteiger partial charge in [-0.2, -0.15) is 0 Å². The highest BCUT2D eigenvalue weighted by Crippen LogP contribution is 2.26. The van der Waals surface area contributed by atoms with Gasteiger partial charge < -0.3 is 10.2 Å². The van der Waals surface area contributed by atoms with Crippen molar-refractivity contribution in [3.05, 3.63) is 95.3 Å². The van der Waals surface area contributed by atoms with Gasteiger partial charge in [-0.25, -0.2) is 12.8 Å². The molecule has 3 aromatic carbocycles. The molecule has 4 rings (SSSR count). The Bertz CT molecular complexity index is 1410. The second-order valence-corrected chi connectivity index (χ2v) is 12.2. The topological polar surface area (TPSA) is 86.8 Å². The van der Waals surface area contributed by atoms with Crippen LogP contribution in [0.3, 0.4) is 0 Å². The zero-order valence-corrected chi connectivity index (χ0v) is 23.9. The van der Waals surface area contributed by atoms with Gasteiger partial charge >= 0.3 is 0 Å². The van der Waals surface area contributed by atoms with E-state index in [1.165, 1.54) is 35.2 Å². The summed E-state index contributed by atoms with van der Waals surface area (Å²) in [5.74, 6) is -1.52. The Morgan fingerprint density at radius 3 is 2.23 bits per heavy atom. The zero-order valence-electron chi connectivity index (χ0n) is 22.3. The summed E-state index contributed by atoms with van der Waals surface area (Å²) in [6.45, 7) is 0.788. The average Bonchev–Trinajstić information content (AvgIpc) is 2.96. The fourth-order valence-corrected chi connectivity index (χ4v) is 6.36. The van der Waals surface area contributed by atoms with E-state index in [4.69, 9.17) is 11.6 Å². The molecular weight excluding hydrogens is 553 g/mol. The molecule has 0 aromatic heterocycles. The molecule has 0 unspecified atom stereocenters. The first-order valence-corrected chi connectivity index (χ1v) is 15.1. The zero-order chi connectivity index (χ0) is 28.7. The Morgan fingerprint density at radius 1 is 0.950 bits per heavy atom. The molecule has 3 aromatic rings. The molecule has 0 bridgehead atoms. The summed E-state index contributed by atoms with van der Waals surface area (Å²) in [6, 6.07) is 19.0. The number of carbonyl (C=O) groups is 2. The van der Waals surface area contributed by atoms with Gasteiger partial charge in [-0.1, -0.05) is 67.3 Å². The molecule has 1 aliphatic rings. The van der Waals surface area contributed by atoms with E-state index in [9.17, 15) is 22.4 Å². The van der Waals surface area contributed by atoms with E-state index in [1.54, 1.807) is 55.5 Å². The number of halogens is 2. The van der Waals surface area contributed by atoms with E-state index in [-0.39, 0.29) is 34.6 Å². The van der Waals surface area contributed by atoms with Crippen LogP contribution in [0, 0.1) is 5.82 Å². The third-order valence-corrected chi connectivity index (χ3v) is 9.18. The van der Waals surface area contributed by atoms with Gasteiger partial charge in [-0.3, -0.25) is 13.9 Å². The van der Waals surface area contributed by atoms with Crippen molar-refractivity contribution >= 4 is 39.1 Å². The number of anilines is 1. The molecule has 1 aliphatic carbocycles. The number of sulfonamides is 1. The monoisotopic (exact) mass is 585 g/mol. The minimum absolute atomic E-state index is 0.0141. The molecule has 2 amide bonds.